The number of rotatable bonds is 3. The van der Waals surface area contributed by atoms with Crippen LogP contribution in [0.2, 0.25) is 0 Å². The van der Waals surface area contributed by atoms with Crippen molar-refractivity contribution in [2.45, 2.75) is 37.3 Å². The van der Waals surface area contributed by atoms with Gasteiger partial charge < -0.3 is 15.7 Å². The van der Waals surface area contributed by atoms with Gasteiger partial charge in [0, 0.05) is 38.8 Å². The molecule has 0 bridgehead atoms. The molecular weight excluding hydrogens is 202 g/mol. The van der Waals surface area contributed by atoms with Crippen LogP contribution in [-0.4, -0.2) is 66.3 Å². The predicted molar refractivity (Wildman–Crippen MR) is 65.3 cm³/mol. The first-order valence-electron chi connectivity index (χ1n) is 6.48. The van der Waals surface area contributed by atoms with Gasteiger partial charge in [-0.2, -0.15) is 0 Å². The normalized spacial score (nSPS) is 32.1. The highest BCUT2D eigenvalue weighted by Crippen LogP contribution is 2.31. The second-order valence-electron chi connectivity index (χ2n) is 5.55. The lowest BCUT2D eigenvalue weighted by atomic mass is 10.00. The van der Waals surface area contributed by atoms with Crippen molar-refractivity contribution in [3.05, 3.63) is 0 Å². The average molecular weight is 227 g/mol. The van der Waals surface area contributed by atoms with Gasteiger partial charge in [0.05, 0.1) is 5.60 Å². The second-order valence-corrected chi connectivity index (χ2v) is 5.55. The van der Waals surface area contributed by atoms with Gasteiger partial charge in [-0.3, -0.25) is 4.90 Å². The Kier molecular flexibility index (Phi) is 3.85. The topological polar surface area (TPSA) is 52.7 Å². The molecule has 0 radical (unpaired) electrons. The Labute approximate surface area is 98.4 Å². The van der Waals surface area contributed by atoms with Crippen molar-refractivity contribution in [2.24, 2.45) is 5.73 Å². The smallest absolute Gasteiger partial charge is 0.0774 e. The molecular formula is C12H25N3O. The molecule has 1 heterocycles. The standard InChI is InChI=1S/C12H25N3O/c1-14-6-7-15(11(8-13)9-14)10-12(16)4-2-3-5-12/h11,16H,2-10,13H2,1H3. The summed E-state index contributed by atoms with van der Waals surface area (Å²) in [6, 6.07) is 0.420. The van der Waals surface area contributed by atoms with Crippen molar-refractivity contribution in [2.75, 3.05) is 39.8 Å². The number of β-amino-alcohol motifs (C(OH)–C–C–N with tert-alkyl or cyclic N) is 1. The maximum Gasteiger partial charge on any atom is 0.0774 e. The fourth-order valence-electron chi connectivity index (χ4n) is 3.05. The summed E-state index contributed by atoms with van der Waals surface area (Å²) in [5.74, 6) is 0. The highest BCUT2D eigenvalue weighted by Gasteiger charge is 2.36. The quantitative estimate of drug-likeness (QED) is 0.705. The molecule has 1 atom stereocenters. The van der Waals surface area contributed by atoms with Gasteiger partial charge >= 0.3 is 0 Å². The zero-order valence-corrected chi connectivity index (χ0v) is 10.4. The minimum Gasteiger partial charge on any atom is -0.389 e. The van der Waals surface area contributed by atoms with Gasteiger partial charge in [0.2, 0.25) is 0 Å². The molecule has 0 amide bonds. The molecule has 2 aliphatic rings. The van der Waals surface area contributed by atoms with E-state index in [1.54, 1.807) is 0 Å². The molecule has 2 rings (SSSR count). The van der Waals surface area contributed by atoms with E-state index in [-0.39, 0.29) is 0 Å². The maximum atomic E-state index is 10.4. The van der Waals surface area contributed by atoms with Gasteiger partial charge in [-0.05, 0) is 19.9 Å². The van der Waals surface area contributed by atoms with Gasteiger partial charge in [-0.15, -0.1) is 0 Å². The fraction of sp³-hybridized carbons (Fsp3) is 1.00. The summed E-state index contributed by atoms with van der Waals surface area (Å²) >= 11 is 0. The van der Waals surface area contributed by atoms with Crippen molar-refractivity contribution >= 4 is 0 Å². The Morgan fingerprint density at radius 1 is 1.31 bits per heavy atom. The molecule has 1 saturated carbocycles. The van der Waals surface area contributed by atoms with Crippen LogP contribution in [0.4, 0.5) is 0 Å². The predicted octanol–water partition coefficient (Wildman–Crippen LogP) is -0.134. The average Bonchev–Trinajstić information content (AvgIpc) is 2.68. The highest BCUT2D eigenvalue weighted by molar-refractivity contribution is 4.91. The lowest BCUT2D eigenvalue weighted by Crippen LogP contribution is -2.58. The zero-order valence-electron chi connectivity index (χ0n) is 10.4. The number of aliphatic hydroxyl groups is 1. The van der Waals surface area contributed by atoms with Gasteiger partial charge in [-0.25, -0.2) is 0 Å². The molecule has 94 valence electrons. The first-order valence-corrected chi connectivity index (χ1v) is 6.48. The van der Waals surface area contributed by atoms with Crippen LogP contribution < -0.4 is 5.73 Å². The van der Waals surface area contributed by atoms with Crippen LogP contribution in [-0.2, 0) is 0 Å². The molecule has 0 aromatic carbocycles. The number of piperazine rings is 1. The van der Waals surface area contributed by atoms with E-state index in [2.05, 4.69) is 16.8 Å². The molecule has 4 heteroatoms. The van der Waals surface area contributed by atoms with E-state index in [4.69, 9.17) is 5.73 Å². The van der Waals surface area contributed by atoms with E-state index in [0.29, 0.717) is 12.6 Å². The van der Waals surface area contributed by atoms with Crippen LogP contribution in [0.3, 0.4) is 0 Å². The van der Waals surface area contributed by atoms with E-state index >= 15 is 0 Å². The number of hydrogen-bond donors (Lipinski definition) is 2. The van der Waals surface area contributed by atoms with Crippen molar-refractivity contribution in [1.82, 2.24) is 9.80 Å². The van der Waals surface area contributed by atoms with E-state index in [1.807, 2.05) is 0 Å². The third-order valence-electron chi connectivity index (χ3n) is 4.11. The third kappa shape index (κ3) is 2.74. The summed E-state index contributed by atoms with van der Waals surface area (Å²) in [5, 5.41) is 10.4. The van der Waals surface area contributed by atoms with Crippen molar-refractivity contribution in [1.29, 1.82) is 0 Å². The molecule has 1 aliphatic carbocycles. The summed E-state index contributed by atoms with van der Waals surface area (Å²) in [6.07, 6.45) is 4.29. The monoisotopic (exact) mass is 227 g/mol. The zero-order chi connectivity index (χ0) is 11.6. The molecule has 1 saturated heterocycles. The van der Waals surface area contributed by atoms with Crippen LogP contribution in [0.15, 0.2) is 0 Å². The van der Waals surface area contributed by atoms with E-state index in [0.717, 1.165) is 39.0 Å². The Morgan fingerprint density at radius 3 is 2.62 bits per heavy atom. The lowest BCUT2D eigenvalue weighted by Gasteiger charge is -2.42. The van der Waals surface area contributed by atoms with Gasteiger partial charge in [0.25, 0.3) is 0 Å². The molecule has 16 heavy (non-hydrogen) atoms. The summed E-state index contributed by atoms with van der Waals surface area (Å²) < 4.78 is 0. The summed E-state index contributed by atoms with van der Waals surface area (Å²) in [6.45, 7) is 4.68. The third-order valence-corrected chi connectivity index (χ3v) is 4.11. The van der Waals surface area contributed by atoms with E-state index in [9.17, 15) is 5.11 Å². The molecule has 1 aliphatic heterocycles. The molecule has 2 fully saturated rings. The van der Waals surface area contributed by atoms with Gasteiger partial charge in [0.1, 0.15) is 0 Å². The van der Waals surface area contributed by atoms with Crippen molar-refractivity contribution in [3.8, 4) is 0 Å². The van der Waals surface area contributed by atoms with Crippen LogP contribution in [0.1, 0.15) is 25.7 Å². The van der Waals surface area contributed by atoms with E-state index < -0.39 is 5.60 Å². The summed E-state index contributed by atoms with van der Waals surface area (Å²) in [5.41, 5.74) is 5.40. The number of likely N-dealkylation sites (N-methyl/N-ethyl adjacent to an activating group) is 1. The second kappa shape index (κ2) is 5.00. The van der Waals surface area contributed by atoms with Crippen molar-refractivity contribution in [3.63, 3.8) is 0 Å². The summed E-state index contributed by atoms with van der Waals surface area (Å²) in [7, 11) is 2.14. The molecule has 1 unspecified atom stereocenters. The molecule has 0 aromatic heterocycles. The highest BCUT2D eigenvalue weighted by atomic mass is 16.3. The number of nitrogens with two attached hydrogens (primary N) is 1. The van der Waals surface area contributed by atoms with Crippen LogP contribution in [0.25, 0.3) is 0 Å². The Hall–Kier alpha value is -0.160. The Bertz CT molecular complexity index is 228. The number of nitrogens with zero attached hydrogens (tertiary/aromatic N) is 2. The SMILES string of the molecule is CN1CCN(CC2(O)CCCC2)C(CN)C1. The van der Waals surface area contributed by atoms with Crippen molar-refractivity contribution < 1.29 is 5.11 Å². The minimum absolute atomic E-state index is 0.420. The van der Waals surface area contributed by atoms with Gasteiger partial charge in [-0.1, -0.05) is 12.8 Å². The first-order chi connectivity index (χ1) is 7.63. The fourth-order valence-corrected chi connectivity index (χ4v) is 3.05. The van der Waals surface area contributed by atoms with Crippen LogP contribution >= 0.6 is 0 Å². The first kappa shape index (κ1) is 12.3. The van der Waals surface area contributed by atoms with Crippen LogP contribution in [0, 0.1) is 0 Å². The molecule has 4 nitrogen and oxygen atoms in total. The molecule has 0 aromatic rings. The number of hydrogen-bond acceptors (Lipinski definition) is 4. The largest absolute Gasteiger partial charge is 0.389 e. The van der Waals surface area contributed by atoms with Crippen LogP contribution in [0.5, 0.6) is 0 Å². The van der Waals surface area contributed by atoms with E-state index in [1.165, 1.54) is 12.8 Å². The molecule has 0 spiro atoms. The molecule has 3 N–H and O–H groups in total. The maximum absolute atomic E-state index is 10.4. The van der Waals surface area contributed by atoms with Gasteiger partial charge in [0.15, 0.2) is 0 Å². The lowest BCUT2D eigenvalue weighted by molar-refractivity contribution is -0.0205. The Balaban J connectivity index is 1.92. The summed E-state index contributed by atoms with van der Waals surface area (Å²) in [4.78, 5) is 4.72. The minimum atomic E-state index is -0.427. The Morgan fingerprint density at radius 2 is 2.00 bits per heavy atom.